The molecule has 104 valence electrons. The van der Waals surface area contributed by atoms with Gasteiger partial charge in [0.05, 0.1) is 25.4 Å². The first kappa shape index (κ1) is 14.2. The number of alkyl halides is 1. The Morgan fingerprint density at radius 2 is 2.11 bits per heavy atom. The Labute approximate surface area is 113 Å². The Morgan fingerprint density at radius 3 is 2.63 bits per heavy atom. The van der Waals surface area contributed by atoms with Gasteiger partial charge in [0.1, 0.15) is 6.67 Å². The van der Waals surface area contributed by atoms with Crippen LogP contribution in [0.1, 0.15) is 23.7 Å². The van der Waals surface area contributed by atoms with Crippen LogP contribution in [0.15, 0.2) is 30.3 Å². The molecule has 1 aliphatic heterocycles. The smallest absolute Gasteiger partial charge is 0.107 e. The van der Waals surface area contributed by atoms with Crippen LogP contribution in [0.5, 0.6) is 0 Å². The fraction of sp³-hybridized carbons (Fsp3) is 0.467. The third kappa shape index (κ3) is 3.41. The largest absolute Gasteiger partial charge is 0.377 e. The zero-order valence-corrected chi connectivity index (χ0v) is 11.1. The van der Waals surface area contributed by atoms with Crippen molar-refractivity contribution in [2.45, 2.75) is 18.6 Å². The predicted octanol–water partition coefficient (Wildman–Crippen LogP) is 2.47. The average Bonchev–Trinajstić information content (AvgIpc) is 2.49. The fourth-order valence-corrected chi connectivity index (χ4v) is 2.32. The molecule has 1 heterocycles. The van der Waals surface area contributed by atoms with Gasteiger partial charge in [0.15, 0.2) is 0 Å². The molecule has 0 amide bonds. The van der Waals surface area contributed by atoms with Crippen molar-refractivity contribution in [1.82, 2.24) is 0 Å². The zero-order valence-electron chi connectivity index (χ0n) is 11.1. The van der Waals surface area contributed by atoms with Crippen molar-refractivity contribution in [3.63, 3.8) is 0 Å². The summed E-state index contributed by atoms with van der Waals surface area (Å²) in [7, 11) is 1.55. The molecule has 2 atom stereocenters. The van der Waals surface area contributed by atoms with E-state index >= 15 is 0 Å². The van der Waals surface area contributed by atoms with Gasteiger partial charge in [-0.05, 0) is 23.1 Å². The third-order valence-corrected chi connectivity index (χ3v) is 3.39. The van der Waals surface area contributed by atoms with Crippen molar-refractivity contribution >= 4 is 5.57 Å². The molecule has 0 bridgehead atoms. The molecular formula is C15H20FNO2. The molecule has 0 fully saturated rings. The van der Waals surface area contributed by atoms with Gasteiger partial charge in [-0.25, -0.2) is 4.39 Å². The Morgan fingerprint density at radius 1 is 1.37 bits per heavy atom. The average molecular weight is 265 g/mol. The first-order valence-corrected chi connectivity index (χ1v) is 6.47. The van der Waals surface area contributed by atoms with E-state index in [1.807, 2.05) is 24.3 Å². The normalized spacial score (nSPS) is 18.8. The molecule has 0 spiro atoms. The maximum absolute atomic E-state index is 12.7. The van der Waals surface area contributed by atoms with Crippen LogP contribution in [0.25, 0.3) is 5.57 Å². The van der Waals surface area contributed by atoms with Gasteiger partial charge in [0, 0.05) is 7.11 Å². The molecule has 2 unspecified atom stereocenters. The first-order chi connectivity index (χ1) is 9.26. The summed E-state index contributed by atoms with van der Waals surface area (Å²) >= 11 is 0. The highest BCUT2D eigenvalue weighted by atomic mass is 19.1. The van der Waals surface area contributed by atoms with E-state index in [2.05, 4.69) is 6.08 Å². The van der Waals surface area contributed by atoms with Gasteiger partial charge in [-0.15, -0.1) is 0 Å². The molecule has 3 nitrogen and oxygen atoms in total. The zero-order chi connectivity index (χ0) is 13.7. The Hall–Kier alpha value is -1.23. The van der Waals surface area contributed by atoms with Crippen LogP contribution < -0.4 is 5.73 Å². The molecule has 0 saturated carbocycles. The lowest BCUT2D eigenvalue weighted by Gasteiger charge is -2.21. The summed E-state index contributed by atoms with van der Waals surface area (Å²) in [6.07, 6.45) is 2.62. The van der Waals surface area contributed by atoms with E-state index in [0.29, 0.717) is 6.61 Å². The molecule has 19 heavy (non-hydrogen) atoms. The number of hydrogen-bond acceptors (Lipinski definition) is 3. The number of ether oxygens (including phenoxy) is 2. The Bertz CT molecular complexity index is 430. The van der Waals surface area contributed by atoms with E-state index in [4.69, 9.17) is 15.2 Å². The van der Waals surface area contributed by atoms with Gasteiger partial charge < -0.3 is 15.2 Å². The monoisotopic (exact) mass is 265 g/mol. The molecule has 0 saturated heterocycles. The van der Waals surface area contributed by atoms with Crippen molar-refractivity contribution in [1.29, 1.82) is 0 Å². The molecule has 1 aromatic rings. The summed E-state index contributed by atoms with van der Waals surface area (Å²) in [6, 6.07) is 7.34. The molecule has 0 aromatic heterocycles. The van der Waals surface area contributed by atoms with Crippen molar-refractivity contribution in [3.05, 3.63) is 41.5 Å². The van der Waals surface area contributed by atoms with E-state index in [1.54, 1.807) is 7.11 Å². The summed E-state index contributed by atoms with van der Waals surface area (Å²) in [5.74, 6) is 0. The minimum absolute atomic E-state index is 0.400. The Kier molecular flexibility index (Phi) is 5.07. The molecule has 4 heteroatoms. The fourth-order valence-electron chi connectivity index (χ4n) is 2.32. The number of halogens is 1. The van der Waals surface area contributed by atoms with Gasteiger partial charge >= 0.3 is 0 Å². The lowest BCUT2D eigenvalue weighted by molar-refractivity contribution is 0.0721. The van der Waals surface area contributed by atoms with Crippen molar-refractivity contribution in [3.8, 4) is 0 Å². The number of benzene rings is 1. The highest BCUT2D eigenvalue weighted by Crippen LogP contribution is 2.25. The van der Waals surface area contributed by atoms with Gasteiger partial charge in [0.25, 0.3) is 0 Å². The summed E-state index contributed by atoms with van der Waals surface area (Å²) in [5, 5.41) is 0. The second-order valence-electron chi connectivity index (χ2n) is 4.65. The topological polar surface area (TPSA) is 44.5 Å². The number of methoxy groups -OCH3 is 1. The van der Waals surface area contributed by atoms with Crippen LogP contribution in [0, 0.1) is 0 Å². The quantitative estimate of drug-likeness (QED) is 0.889. The SMILES string of the molecule is COC(c1ccc(C2=CCOCC2)cc1)C(N)CF. The first-order valence-electron chi connectivity index (χ1n) is 6.47. The summed E-state index contributed by atoms with van der Waals surface area (Å²) in [6.45, 7) is 0.842. The van der Waals surface area contributed by atoms with Crippen LogP contribution in [-0.4, -0.2) is 33.0 Å². The minimum atomic E-state index is -0.627. The number of hydrogen-bond donors (Lipinski definition) is 1. The highest BCUT2D eigenvalue weighted by Gasteiger charge is 2.19. The van der Waals surface area contributed by atoms with Crippen LogP contribution in [-0.2, 0) is 9.47 Å². The lowest BCUT2D eigenvalue weighted by Crippen LogP contribution is -2.31. The Balaban J connectivity index is 2.15. The maximum atomic E-state index is 12.7. The minimum Gasteiger partial charge on any atom is -0.377 e. The summed E-state index contributed by atoms with van der Waals surface area (Å²) in [5.41, 5.74) is 9.09. The molecule has 1 aliphatic rings. The number of rotatable bonds is 5. The van der Waals surface area contributed by atoms with Crippen LogP contribution in [0.3, 0.4) is 0 Å². The summed E-state index contributed by atoms with van der Waals surface area (Å²) < 4.78 is 23.2. The van der Waals surface area contributed by atoms with Gasteiger partial charge in [0.2, 0.25) is 0 Å². The van der Waals surface area contributed by atoms with Crippen LogP contribution >= 0.6 is 0 Å². The van der Waals surface area contributed by atoms with E-state index in [0.717, 1.165) is 18.6 Å². The van der Waals surface area contributed by atoms with E-state index in [-0.39, 0.29) is 0 Å². The van der Waals surface area contributed by atoms with Crippen molar-refractivity contribution in [2.75, 3.05) is 27.0 Å². The van der Waals surface area contributed by atoms with E-state index in [1.165, 1.54) is 11.1 Å². The maximum Gasteiger partial charge on any atom is 0.107 e. The number of nitrogens with two attached hydrogens (primary N) is 1. The van der Waals surface area contributed by atoms with E-state index < -0.39 is 18.8 Å². The molecule has 1 aromatic carbocycles. The standard InChI is InChI=1S/C15H20FNO2/c1-18-15(14(17)10-16)13-4-2-11(3-5-13)12-6-8-19-9-7-12/h2-6,14-15H,7-10,17H2,1H3. The molecule has 2 N–H and O–H groups in total. The second kappa shape index (κ2) is 6.80. The third-order valence-electron chi connectivity index (χ3n) is 3.39. The second-order valence-corrected chi connectivity index (χ2v) is 4.65. The summed E-state index contributed by atoms with van der Waals surface area (Å²) in [4.78, 5) is 0. The molecule has 0 radical (unpaired) electrons. The van der Waals surface area contributed by atoms with Gasteiger partial charge in [-0.3, -0.25) is 0 Å². The molecule has 2 rings (SSSR count). The van der Waals surface area contributed by atoms with Crippen molar-refractivity contribution in [2.24, 2.45) is 5.73 Å². The van der Waals surface area contributed by atoms with E-state index in [9.17, 15) is 4.39 Å². The van der Waals surface area contributed by atoms with Gasteiger partial charge in [-0.2, -0.15) is 0 Å². The van der Waals surface area contributed by atoms with Crippen molar-refractivity contribution < 1.29 is 13.9 Å². The van der Waals surface area contributed by atoms with Crippen LogP contribution in [0.4, 0.5) is 4.39 Å². The predicted molar refractivity (Wildman–Crippen MR) is 73.6 cm³/mol. The molecule has 0 aliphatic carbocycles. The molecular weight excluding hydrogens is 245 g/mol. The van der Waals surface area contributed by atoms with Gasteiger partial charge in [-0.1, -0.05) is 30.3 Å². The lowest BCUT2D eigenvalue weighted by atomic mass is 9.97. The highest BCUT2D eigenvalue weighted by molar-refractivity contribution is 5.66. The van der Waals surface area contributed by atoms with Crippen LogP contribution in [0.2, 0.25) is 0 Å².